The lowest BCUT2D eigenvalue weighted by Gasteiger charge is -2.26. The molecule has 120 valence electrons. The number of hydrogen-bond acceptors (Lipinski definition) is 3. The van der Waals surface area contributed by atoms with E-state index in [2.05, 4.69) is 22.9 Å². The first-order valence-corrected chi connectivity index (χ1v) is 9.49. The van der Waals surface area contributed by atoms with Gasteiger partial charge in [0.1, 0.15) is 0 Å². The van der Waals surface area contributed by atoms with Crippen molar-refractivity contribution in [1.29, 1.82) is 0 Å². The van der Waals surface area contributed by atoms with Crippen LogP contribution in [0.2, 0.25) is 0 Å². The fourth-order valence-electron chi connectivity index (χ4n) is 2.14. The average molecular weight is 378 g/mol. The number of nitrogens with zero attached hydrogens (tertiary/aromatic N) is 1. The van der Waals surface area contributed by atoms with Crippen molar-refractivity contribution in [3.05, 3.63) is 28.2 Å². The minimum atomic E-state index is -3.57. The standard InChI is InChI=1S/C15H24BrNO3S/c1-4-5-6-9-17(12(2)3)21(19,20)15-10-13(11-18)7-8-14(15)16/h7-8,10,12,18H,4-6,9,11H2,1-3H3. The first-order chi connectivity index (χ1) is 9.84. The van der Waals surface area contributed by atoms with Crippen LogP contribution in [-0.2, 0) is 16.6 Å². The number of aliphatic hydroxyl groups is 1. The molecule has 0 radical (unpaired) electrons. The molecule has 0 aliphatic carbocycles. The van der Waals surface area contributed by atoms with Gasteiger partial charge in [-0.3, -0.25) is 0 Å². The molecule has 1 aromatic carbocycles. The Morgan fingerprint density at radius 1 is 1.29 bits per heavy atom. The van der Waals surface area contributed by atoms with Crippen molar-refractivity contribution in [2.24, 2.45) is 0 Å². The quantitative estimate of drug-likeness (QED) is 0.704. The van der Waals surface area contributed by atoms with E-state index in [-0.39, 0.29) is 17.5 Å². The first-order valence-electron chi connectivity index (χ1n) is 7.25. The predicted molar refractivity (Wildman–Crippen MR) is 88.6 cm³/mol. The highest BCUT2D eigenvalue weighted by atomic mass is 79.9. The lowest BCUT2D eigenvalue weighted by Crippen LogP contribution is -2.37. The summed E-state index contributed by atoms with van der Waals surface area (Å²) in [7, 11) is -3.57. The van der Waals surface area contributed by atoms with Crippen LogP contribution in [0.1, 0.15) is 45.6 Å². The van der Waals surface area contributed by atoms with Crippen LogP contribution in [0.3, 0.4) is 0 Å². The molecule has 0 aromatic heterocycles. The van der Waals surface area contributed by atoms with Crippen molar-refractivity contribution in [3.8, 4) is 0 Å². The van der Waals surface area contributed by atoms with Gasteiger partial charge in [0.05, 0.1) is 11.5 Å². The van der Waals surface area contributed by atoms with Crippen molar-refractivity contribution in [1.82, 2.24) is 4.31 Å². The van der Waals surface area contributed by atoms with Gasteiger partial charge < -0.3 is 5.11 Å². The molecule has 0 saturated heterocycles. The molecular formula is C15H24BrNO3S. The predicted octanol–water partition coefficient (Wildman–Crippen LogP) is 3.53. The van der Waals surface area contributed by atoms with Crippen LogP contribution >= 0.6 is 15.9 Å². The topological polar surface area (TPSA) is 57.6 Å². The Labute approximate surface area is 136 Å². The Bertz CT molecular complexity index is 558. The van der Waals surface area contributed by atoms with Gasteiger partial charge in [-0.2, -0.15) is 4.31 Å². The van der Waals surface area contributed by atoms with Crippen molar-refractivity contribution in [3.63, 3.8) is 0 Å². The van der Waals surface area contributed by atoms with Crippen LogP contribution in [0, 0.1) is 0 Å². The van der Waals surface area contributed by atoms with Gasteiger partial charge in [0.2, 0.25) is 10.0 Å². The smallest absolute Gasteiger partial charge is 0.244 e. The van der Waals surface area contributed by atoms with Gasteiger partial charge in [-0.25, -0.2) is 8.42 Å². The van der Waals surface area contributed by atoms with E-state index < -0.39 is 10.0 Å². The lowest BCUT2D eigenvalue weighted by molar-refractivity contribution is 0.281. The van der Waals surface area contributed by atoms with E-state index in [1.807, 2.05) is 13.8 Å². The average Bonchev–Trinajstić information content (AvgIpc) is 2.43. The molecule has 0 spiro atoms. The second-order valence-corrected chi connectivity index (χ2v) is 8.05. The van der Waals surface area contributed by atoms with Crippen LogP contribution in [-0.4, -0.2) is 30.4 Å². The minimum Gasteiger partial charge on any atom is -0.392 e. The Balaban J connectivity index is 3.16. The number of hydrogen-bond donors (Lipinski definition) is 1. The van der Waals surface area contributed by atoms with Crippen LogP contribution in [0.4, 0.5) is 0 Å². The molecule has 0 atom stereocenters. The Morgan fingerprint density at radius 3 is 2.48 bits per heavy atom. The van der Waals surface area contributed by atoms with Gasteiger partial charge >= 0.3 is 0 Å². The van der Waals surface area contributed by atoms with E-state index in [1.165, 1.54) is 10.4 Å². The summed E-state index contributed by atoms with van der Waals surface area (Å²) in [5, 5.41) is 9.22. The van der Waals surface area contributed by atoms with Crippen molar-refractivity contribution in [2.45, 2.75) is 57.6 Å². The van der Waals surface area contributed by atoms with E-state index in [0.29, 0.717) is 16.6 Å². The number of sulfonamides is 1. The van der Waals surface area contributed by atoms with Crippen molar-refractivity contribution < 1.29 is 13.5 Å². The fourth-order valence-corrected chi connectivity index (χ4v) is 4.80. The van der Waals surface area contributed by atoms with Gasteiger partial charge in [0.25, 0.3) is 0 Å². The highest BCUT2D eigenvalue weighted by molar-refractivity contribution is 9.10. The second-order valence-electron chi connectivity index (χ2n) is 5.34. The molecule has 1 N–H and O–H groups in total. The van der Waals surface area contributed by atoms with Crippen LogP contribution in [0.5, 0.6) is 0 Å². The number of benzene rings is 1. The zero-order valence-corrected chi connectivity index (χ0v) is 15.2. The van der Waals surface area contributed by atoms with Crippen LogP contribution in [0.25, 0.3) is 0 Å². The summed E-state index contributed by atoms with van der Waals surface area (Å²) in [6.07, 6.45) is 2.91. The van der Waals surface area contributed by atoms with E-state index in [9.17, 15) is 13.5 Å². The van der Waals surface area contributed by atoms with Gasteiger partial charge in [-0.05, 0) is 53.9 Å². The molecule has 0 unspecified atom stereocenters. The zero-order valence-electron chi connectivity index (χ0n) is 12.8. The van der Waals surface area contributed by atoms with Crippen LogP contribution < -0.4 is 0 Å². The highest BCUT2D eigenvalue weighted by Gasteiger charge is 2.28. The molecule has 0 saturated carbocycles. The molecular weight excluding hydrogens is 354 g/mol. The van der Waals surface area contributed by atoms with E-state index in [1.54, 1.807) is 12.1 Å². The lowest BCUT2D eigenvalue weighted by atomic mass is 10.2. The van der Waals surface area contributed by atoms with Gasteiger partial charge in [0, 0.05) is 17.1 Å². The number of halogens is 1. The van der Waals surface area contributed by atoms with E-state index in [0.717, 1.165) is 19.3 Å². The van der Waals surface area contributed by atoms with Crippen LogP contribution in [0.15, 0.2) is 27.6 Å². The minimum absolute atomic E-state index is 0.100. The maximum atomic E-state index is 12.9. The summed E-state index contributed by atoms with van der Waals surface area (Å²) in [5.41, 5.74) is 0.592. The van der Waals surface area contributed by atoms with Gasteiger partial charge in [0.15, 0.2) is 0 Å². The second kappa shape index (κ2) is 8.27. The molecule has 1 rings (SSSR count). The molecule has 0 amide bonds. The largest absolute Gasteiger partial charge is 0.392 e. The zero-order chi connectivity index (χ0) is 16.0. The third-order valence-corrected chi connectivity index (χ3v) is 6.39. The van der Waals surface area contributed by atoms with E-state index >= 15 is 0 Å². The molecule has 21 heavy (non-hydrogen) atoms. The summed E-state index contributed by atoms with van der Waals surface area (Å²) in [6, 6.07) is 4.81. The molecule has 0 heterocycles. The summed E-state index contributed by atoms with van der Waals surface area (Å²) in [4.78, 5) is 0.222. The molecule has 0 fully saturated rings. The SMILES string of the molecule is CCCCCN(C(C)C)S(=O)(=O)c1cc(CO)ccc1Br. The van der Waals surface area contributed by atoms with E-state index in [4.69, 9.17) is 0 Å². The normalized spacial score (nSPS) is 12.3. The summed E-state index contributed by atoms with van der Waals surface area (Å²) < 4.78 is 27.8. The Morgan fingerprint density at radius 2 is 1.95 bits per heavy atom. The highest BCUT2D eigenvalue weighted by Crippen LogP contribution is 2.27. The van der Waals surface area contributed by atoms with Gasteiger partial charge in [-0.1, -0.05) is 25.8 Å². The Hall–Kier alpha value is -0.430. The number of unbranched alkanes of at least 4 members (excludes halogenated alkanes) is 2. The Kier molecular flexibility index (Phi) is 7.33. The molecule has 4 nitrogen and oxygen atoms in total. The van der Waals surface area contributed by atoms with Crippen molar-refractivity contribution in [2.75, 3.05) is 6.54 Å². The maximum Gasteiger partial charge on any atom is 0.244 e. The van der Waals surface area contributed by atoms with Gasteiger partial charge in [-0.15, -0.1) is 0 Å². The number of rotatable bonds is 8. The maximum absolute atomic E-state index is 12.9. The molecule has 0 bridgehead atoms. The molecule has 0 aliphatic heterocycles. The fraction of sp³-hybridized carbons (Fsp3) is 0.600. The summed E-state index contributed by atoms with van der Waals surface area (Å²) >= 11 is 3.31. The summed E-state index contributed by atoms with van der Waals surface area (Å²) in [5.74, 6) is 0. The first kappa shape index (κ1) is 18.6. The van der Waals surface area contributed by atoms with Crippen molar-refractivity contribution >= 4 is 26.0 Å². The molecule has 6 heteroatoms. The monoisotopic (exact) mass is 377 g/mol. The molecule has 0 aliphatic rings. The third-order valence-electron chi connectivity index (χ3n) is 3.32. The third kappa shape index (κ3) is 4.77. The number of aliphatic hydroxyl groups excluding tert-OH is 1. The molecule has 1 aromatic rings. The summed E-state index contributed by atoms with van der Waals surface area (Å²) in [6.45, 7) is 6.20.